The zero-order valence-corrected chi connectivity index (χ0v) is 12.5. The summed E-state index contributed by atoms with van der Waals surface area (Å²) < 4.78 is 0. The van der Waals surface area contributed by atoms with Crippen LogP contribution in [0.4, 0.5) is 0 Å². The van der Waals surface area contributed by atoms with Crippen molar-refractivity contribution in [1.82, 2.24) is 5.32 Å². The van der Waals surface area contributed by atoms with E-state index in [1.165, 1.54) is 10.5 Å². The van der Waals surface area contributed by atoms with E-state index in [-0.39, 0.29) is 0 Å². The van der Waals surface area contributed by atoms with E-state index in [4.69, 9.17) is 0 Å². The Balaban J connectivity index is 2.61. The predicted molar refractivity (Wildman–Crippen MR) is 78.8 cm³/mol. The van der Waals surface area contributed by atoms with Gasteiger partial charge in [-0.05, 0) is 37.1 Å². The maximum atomic E-state index is 3.39. The number of likely N-dealkylation sites (N-methyl/N-ethyl adjacent to an activating group) is 1. The van der Waals surface area contributed by atoms with Gasteiger partial charge in [0.2, 0.25) is 0 Å². The number of thioether (sulfide) groups is 1. The third-order valence-corrected chi connectivity index (χ3v) is 3.94. The molecule has 0 aliphatic rings. The smallest absolute Gasteiger partial charge is 0.0127 e. The van der Waals surface area contributed by atoms with Gasteiger partial charge < -0.3 is 5.32 Å². The molecule has 0 aliphatic heterocycles. The first-order chi connectivity index (χ1) is 8.02. The average molecular weight is 251 g/mol. The van der Waals surface area contributed by atoms with E-state index >= 15 is 0 Å². The van der Waals surface area contributed by atoms with Crippen LogP contribution in [0.2, 0.25) is 0 Å². The van der Waals surface area contributed by atoms with Crippen LogP contribution in [0.1, 0.15) is 33.3 Å². The van der Waals surface area contributed by atoms with Gasteiger partial charge in [-0.1, -0.05) is 39.8 Å². The lowest BCUT2D eigenvalue weighted by Gasteiger charge is -2.20. The second-order valence-electron chi connectivity index (χ2n) is 5.15. The summed E-state index contributed by atoms with van der Waals surface area (Å²) in [6.07, 6.45) is 1.11. The molecule has 0 aromatic heterocycles. The van der Waals surface area contributed by atoms with Crippen LogP contribution in [0, 0.1) is 5.92 Å². The minimum absolute atomic E-state index is 0.568. The van der Waals surface area contributed by atoms with Crippen molar-refractivity contribution in [1.29, 1.82) is 0 Å². The predicted octanol–water partition coefficient (Wildman–Crippen LogP) is 3.97. The summed E-state index contributed by atoms with van der Waals surface area (Å²) >= 11 is 1.92. The molecule has 0 aliphatic carbocycles. The fourth-order valence-electron chi connectivity index (χ4n) is 1.90. The molecule has 1 rings (SSSR count). The van der Waals surface area contributed by atoms with E-state index in [1.54, 1.807) is 0 Å². The third-order valence-electron chi connectivity index (χ3n) is 2.93. The van der Waals surface area contributed by atoms with Crippen molar-refractivity contribution in [2.24, 2.45) is 5.92 Å². The fraction of sp³-hybridized carbons (Fsp3) is 0.600. The number of rotatable bonds is 6. The van der Waals surface area contributed by atoms with Crippen molar-refractivity contribution in [2.45, 2.75) is 50.3 Å². The molecule has 0 spiro atoms. The maximum absolute atomic E-state index is 3.39. The summed E-state index contributed by atoms with van der Waals surface area (Å²) in [6.45, 7) is 9.00. The van der Waals surface area contributed by atoms with Gasteiger partial charge in [0.05, 0.1) is 0 Å². The Hall–Kier alpha value is -0.470. The number of benzene rings is 1. The van der Waals surface area contributed by atoms with Crippen LogP contribution in [0.3, 0.4) is 0 Å². The minimum Gasteiger partial charge on any atom is -0.316 e. The Morgan fingerprint density at radius 3 is 2.06 bits per heavy atom. The molecule has 0 heterocycles. The molecule has 0 fully saturated rings. The minimum atomic E-state index is 0.568. The summed E-state index contributed by atoms with van der Waals surface area (Å²) in [5.74, 6) is 0.671. The van der Waals surface area contributed by atoms with Crippen LogP contribution >= 0.6 is 11.8 Å². The van der Waals surface area contributed by atoms with Crippen molar-refractivity contribution in [3.8, 4) is 0 Å². The highest BCUT2D eigenvalue weighted by Crippen LogP contribution is 2.23. The van der Waals surface area contributed by atoms with Gasteiger partial charge >= 0.3 is 0 Å². The molecule has 1 N–H and O–H groups in total. The molecule has 1 aromatic rings. The summed E-state index contributed by atoms with van der Waals surface area (Å²) in [4.78, 5) is 1.37. The first-order valence-corrected chi connectivity index (χ1v) is 7.33. The molecule has 0 radical (unpaired) electrons. The molecule has 17 heavy (non-hydrogen) atoms. The van der Waals surface area contributed by atoms with E-state index in [0.29, 0.717) is 17.2 Å². The summed E-state index contributed by atoms with van der Waals surface area (Å²) in [5, 5.41) is 4.05. The molecule has 96 valence electrons. The molecular formula is C15H25NS. The van der Waals surface area contributed by atoms with Gasteiger partial charge in [0.15, 0.2) is 0 Å². The quantitative estimate of drug-likeness (QED) is 0.768. The van der Waals surface area contributed by atoms with Crippen LogP contribution in [0.25, 0.3) is 0 Å². The number of hydrogen-bond donors (Lipinski definition) is 1. The van der Waals surface area contributed by atoms with Gasteiger partial charge in [-0.25, -0.2) is 0 Å². The topological polar surface area (TPSA) is 12.0 Å². The van der Waals surface area contributed by atoms with Gasteiger partial charge in [0.1, 0.15) is 0 Å². The van der Waals surface area contributed by atoms with E-state index in [9.17, 15) is 0 Å². The van der Waals surface area contributed by atoms with E-state index < -0.39 is 0 Å². The van der Waals surface area contributed by atoms with Gasteiger partial charge in [-0.2, -0.15) is 0 Å². The second kappa shape index (κ2) is 7.07. The second-order valence-corrected chi connectivity index (χ2v) is 6.80. The molecule has 1 aromatic carbocycles. The molecule has 0 amide bonds. The van der Waals surface area contributed by atoms with E-state index in [2.05, 4.69) is 57.3 Å². The Bertz CT molecular complexity index is 316. The van der Waals surface area contributed by atoms with Crippen molar-refractivity contribution in [3.63, 3.8) is 0 Å². The third kappa shape index (κ3) is 5.13. The van der Waals surface area contributed by atoms with Crippen LogP contribution in [-0.2, 0) is 6.42 Å². The van der Waals surface area contributed by atoms with E-state index in [0.717, 1.165) is 6.42 Å². The van der Waals surface area contributed by atoms with Crippen molar-refractivity contribution in [2.75, 3.05) is 7.05 Å². The molecule has 2 heteroatoms. The lowest BCUT2D eigenvalue weighted by atomic mass is 9.97. The van der Waals surface area contributed by atoms with Crippen molar-refractivity contribution in [3.05, 3.63) is 29.8 Å². The van der Waals surface area contributed by atoms with Crippen LogP contribution in [0.15, 0.2) is 29.2 Å². The van der Waals surface area contributed by atoms with Crippen LogP contribution in [0.5, 0.6) is 0 Å². The normalized spacial score (nSPS) is 13.4. The lowest BCUT2D eigenvalue weighted by Crippen LogP contribution is -2.32. The van der Waals surface area contributed by atoms with Crippen molar-refractivity contribution < 1.29 is 0 Å². The highest BCUT2D eigenvalue weighted by molar-refractivity contribution is 7.99. The van der Waals surface area contributed by atoms with Gasteiger partial charge in [0.25, 0.3) is 0 Å². The number of nitrogens with one attached hydrogen (secondary N) is 1. The van der Waals surface area contributed by atoms with Gasteiger partial charge in [-0.15, -0.1) is 11.8 Å². The Kier molecular flexibility index (Phi) is 6.07. The zero-order valence-electron chi connectivity index (χ0n) is 11.7. The summed E-state index contributed by atoms with van der Waals surface area (Å²) in [7, 11) is 2.05. The highest BCUT2D eigenvalue weighted by atomic mass is 32.2. The Morgan fingerprint density at radius 2 is 1.65 bits per heavy atom. The van der Waals surface area contributed by atoms with Gasteiger partial charge in [-0.3, -0.25) is 0 Å². The monoisotopic (exact) mass is 251 g/mol. The first kappa shape index (κ1) is 14.6. The van der Waals surface area contributed by atoms with E-state index in [1.807, 2.05) is 18.8 Å². The number of hydrogen-bond acceptors (Lipinski definition) is 2. The average Bonchev–Trinajstić information content (AvgIpc) is 2.26. The summed E-state index contributed by atoms with van der Waals surface area (Å²) in [5.41, 5.74) is 1.42. The largest absolute Gasteiger partial charge is 0.316 e. The molecule has 0 bridgehead atoms. The molecule has 0 saturated heterocycles. The van der Waals surface area contributed by atoms with Crippen LogP contribution in [-0.4, -0.2) is 18.3 Å². The molecule has 0 saturated carbocycles. The highest BCUT2D eigenvalue weighted by Gasteiger charge is 2.11. The lowest BCUT2D eigenvalue weighted by molar-refractivity contribution is 0.424. The Morgan fingerprint density at radius 1 is 1.06 bits per heavy atom. The van der Waals surface area contributed by atoms with Crippen molar-refractivity contribution >= 4 is 11.8 Å². The Labute approximate surface area is 110 Å². The molecule has 1 nitrogen and oxygen atoms in total. The SMILES string of the molecule is CNC(Cc1ccc(SC(C)C)cc1)C(C)C. The maximum Gasteiger partial charge on any atom is 0.0127 e. The zero-order chi connectivity index (χ0) is 12.8. The molecule has 1 unspecified atom stereocenters. The molecular weight excluding hydrogens is 226 g/mol. The standard InChI is InChI=1S/C15H25NS/c1-11(2)15(16-5)10-13-6-8-14(9-7-13)17-12(3)4/h6-9,11-12,15-16H,10H2,1-5H3. The molecule has 1 atom stereocenters. The summed E-state index contributed by atoms with van der Waals surface area (Å²) in [6, 6.07) is 9.58. The fourth-order valence-corrected chi connectivity index (χ4v) is 2.74. The first-order valence-electron chi connectivity index (χ1n) is 6.45. The van der Waals surface area contributed by atoms with Crippen LogP contribution < -0.4 is 5.32 Å². The van der Waals surface area contributed by atoms with Gasteiger partial charge in [0, 0.05) is 16.2 Å².